The fourth-order valence-corrected chi connectivity index (χ4v) is 1.95. The average Bonchev–Trinajstić information content (AvgIpc) is 2.75. The molecule has 0 aliphatic heterocycles. The first-order valence-electron chi connectivity index (χ1n) is 5.51. The van der Waals surface area contributed by atoms with Crippen LogP contribution in [0.25, 0.3) is 0 Å². The lowest BCUT2D eigenvalue weighted by Gasteiger charge is -2.10. The van der Waals surface area contributed by atoms with Gasteiger partial charge in [-0.2, -0.15) is 5.10 Å². The number of aryl methyl sites for hydroxylation is 1. The predicted molar refractivity (Wildman–Crippen MR) is 66.6 cm³/mol. The van der Waals surface area contributed by atoms with Crippen LogP contribution in [0.15, 0.2) is 24.4 Å². The Kier molecular flexibility index (Phi) is 3.81. The molecule has 0 radical (unpaired) electrons. The Hall–Kier alpha value is -1.62. The zero-order chi connectivity index (χ0) is 13.1. The quantitative estimate of drug-likeness (QED) is 0.923. The first-order valence-corrected chi connectivity index (χ1v) is 5.88. The third-order valence-electron chi connectivity index (χ3n) is 2.56. The second kappa shape index (κ2) is 5.35. The van der Waals surface area contributed by atoms with E-state index in [1.165, 1.54) is 0 Å². The molecule has 3 nitrogen and oxygen atoms in total. The van der Waals surface area contributed by atoms with Crippen molar-refractivity contribution >= 4 is 17.3 Å². The van der Waals surface area contributed by atoms with Crippen molar-refractivity contribution in [2.75, 3.05) is 5.32 Å². The number of hydrogen-bond donors (Lipinski definition) is 1. The second-order valence-electron chi connectivity index (χ2n) is 3.74. The third kappa shape index (κ3) is 2.61. The lowest BCUT2D eigenvalue weighted by atomic mass is 10.3. The van der Waals surface area contributed by atoms with Crippen molar-refractivity contribution in [1.29, 1.82) is 0 Å². The Morgan fingerprint density at radius 1 is 1.39 bits per heavy atom. The Balaban J connectivity index is 2.16. The number of nitrogens with one attached hydrogen (secondary N) is 1. The molecular weight excluding hydrogens is 260 g/mol. The van der Waals surface area contributed by atoms with E-state index in [-0.39, 0.29) is 10.7 Å². The minimum atomic E-state index is -0.706. The van der Waals surface area contributed by atoms with Gasteiger partial charge in [-0.15, -0.1) is 0 Å². The zero-order valence-corrected chi connectivity index (χ0v) is 10.5. The van der Waals surface area contributed by atoms with Crippen LogP contribution in [0.4, 0.5) is 14.5 Å². The van der Waals surface area contributed by atoms with Crippen LogP contribution < -0.4 is 5.32 Å². The monoisotopic (exact) mass is 271 g/mol. The molecule has 18 heavy (non-hydrogen) atoms. The highest BCUT2D eigenvalue weighted by atomic mass is 35.5. The van der Waals surface area contributed by atoms with Crippen LogP contribution in [-0.2, 0) is 13.1 Å². The number of anilines is 1. The summed E-state index contributed by atoms with van der Waals surface area (Å²) in [4.78, 5) is 0. The Bertz CT molecular complexity index is 531. The van der Waals surface area contributed by atoms with Gasteiger partial charge in [0, 0.05) is 18.8 Å². The molecular formula is C12H12ClF2N3. The molecule has 96 valence electrons. The molecule has 2 aromatic rings. The van der Waals surface area contributed by atoms with Crippen LogP contribution in [0.2, 0.25) is 5.02 Å². The number of halogens is 3. The van der Waals surface area contributed by atoms with Crippen molar-refractivity contribution < 1.29 is 8.78 Å². The maximum absolute atomic E-state index is 13.5. The summed E-state index contributed by atoms with van der Waals surface area (Å²) in [5, 5.41) is 6.97. The number of aromatic nitrogens is 2. The van der Waals surface area contributed by atoms with Gasteiger partial charge in [-0.1, -0.05) is 11.6 Å². The van der Waals surface area contributed by atoms with Gasteiger partial charge < -0.3 is 5.32 Å². The maximum atomic E-state index is 13.5. The van der Waals surface area contributed by atoms with Gasteiger partial charge in [-0.25, -0.2) is 8.78 Å². The molecule has 0 fully saturated rings. The topological polar surface area (TPSA) is 29.9 Å². The van der Waals surface area contributed by atoms with Gasteiger partial charge >= 0.3 is 0 Å². The summed E-state index contributed by atoms with van der Waals surface area (Å²) in [5.74, 6) is -1.40. The standard InChI is InChI=1S/C12H12ClF2N3/c1-2-18-9(3-4-17-18)7-16-12-10(13)5-8(14)6-11(12)15/h3-6,16H,2,7H2,1H3. The fourth-order valence-electron chi connectivity index (χ4n) is 1.68. The van der Waals surface area contributed by atoms with Crippen molar-refractivity contribution in [2.45, 2.75) is 20.0 Å². The van der Waals surface area contributed by atoms with E-state index in [1.807, 2.05) is 13.0 Å². The molecule has 0 atom stereocenters. The lowest BCUT2D eigenvalue weighted by Crippen LogP contribution is -2.09. The normalized spacial score (nSPS) is 10.7. The van der Waals surface area contributed by atoms with E-state index in [0.717, 1.165) is 24.4 Å². The predicted octanol–water partition coefficient (Wildman–Crippen LogP) is 3.45. The number of benzene rings is 1. The molecule has 1 heterocycles. The van der Waals surface area contributed by atoms with E-state index in [4.69, 9.17) is 11.6 Å². The van der Waals surface area contributed by atoms with Gasteiger partial charge in [0.05, 0.1) is 22.9 Å². The van der Waals surface area contributed by atoms with Gasteiger partial charge in [-0.05, 0) is 19.1 Å². The van der Waals surface area contributed by atoms with E-state index < -0.39 is 11.6 Å². The van der Waals surface area contributed by atoms with E-state index in [9.17, 15) is 8.78 Å². The highest BCUT2D eigenvalue weighted by Crippen LogP contribution is 2.26. The second-order valence-corrected chi connectivity index (χ2v) is 4.14. The van der Waals surface area contributed by atoms with E-state index in [0.29, 0.717) is 6.54 Å². The van der Waals surface area contributed by atoms with Crippen LogP contribution in [-0.4, -0.2) is 9.78 Å². The molecule has 0 spiro atoms. The zero-order valence-electron chi connectivity index (χ0n) is 9.75. The molecule has 1 aromatic heterocycles. The van der Waals surface area contributed by atoms with Crippen LogP contribution in [0.5, 0.6) is 0 Å². The highest BCUT2D eigenvalue weighted by Gasteiger charge is 2.10. The first kappa shape index (κ1) is 12.8. The molecule has 0 saturated carbocycles. The summed E-state index contributed by atoms with van der Waals surface area (Å²) in [6.07, 6.45) is 1.67. The number of rotatable bonds is 4. The van der Waals surface area contributed by atoms with Crippen LogP contribution >= 0.6 is 11.6 Å². The molecule has 0 amide bonds. The van der Waals surface area contributed by atoms with E-state index in [2.05, 4.69) is 10.4 Å². The van der Waals surface area contributed by atoms with Crippen LogP contribution in [0, 0.1) is 11.6 Å². The Morgan fingerprint density at radius 2 is 2.17 bits per heavy atom. The van der Waals surface area contributed by atoms with E-state index in [1.54, 1.807) is 10.9 Å². The minimum absolute atomic E-state index is 0.0232. The largest absolute Gasteiger partial charge is 0.376 e. The molecule has 0 bridgehead atoms. The van der Waals surface area contributed by atoms with Gasteiger partial charge in [0.25, 0.3) is 0 Å². The molecule has 0 aliphatic rings. The van der Waals surface area contributed by atoms with Crippen molar-refractivity contribution in [1.82, 2.24) is 9.78 Å². The molecule has 0 saturated heterocycles. The van der Waals surface area contributed by atoms with Crippen molar-refractivity contribution in [3.63, 3.8) is 0 Å². The molecule has 1 aromatic carbocycles. The van der Waals surface area contributed by atoms with Crippen molar-refractivity contribution in [3.05, 3.63) is 46.7 Å². The summed E-state index contributed by atoms with van der Waals surface area (Å²) >= 11 is 5.78. The Labute approximate surface area is 108 Å². The molecule has 6 heteroatoms. The third-order valence-corrected chi connectivity index (χ3v) is 2.86. The Morgan fingerprint density at radius 3 is 2.83 bits per heavy atom. The summed E-state index contributed by atoms with van der Waals surface area (Å²) < 4.78 is 28.2. The first-order chi connectivity index (χ1) is 8.61. The maximum Gasteiger partial charge on any atom is 0.150 e. The number of hydrogen-bond acceptors (Lipinski definition) is 2. The van der Waals surface area contributed by atoms with Gasteiger partial charge in [0.15, 0.2) is 5.82 Å². The highest BCUT2D eigenvalue weighted by molar-refractivity contribution is 6.33. The van der Waals surface area contributed by atoms with E-state index >= 15 is 0 Å². The molecule has 0 unspecified atom stereocenters. The minimum Gasteiger partial charge on any atom is -0.376 e. The van der Waals surface area contributed by atoms with Gasteiger partial charge in [0.2, 0.25) is 0 Å². The summed E-state index contributed by atoms with van der Waals surface area (Å²) in [7, 11) is 0. The summed E-state index contributed by atoms with van der Waals surface area (Å²) in [6.45, 7) is 3.06. The van der Waals surface area contributed by atoms with Gasteiger partial charge in [0.1, 0.15) is 5.82 Å². The van der Waals surface area contributed by atoms with Crippen LogP contribution in [0.1, 0.15) is 12.6 Å². The molecule has 0 aliphatic carbocycles. The number of nitrogens with zero attached hydrogens (tertiary/aromatic N) is 2. The smallest absolute Gasteiger partial charge is 0.150 e. The van der Waals surface area contributed by atoms with Crippen molar-refractivity contribution in [2.24, 2.45) is 0 Å². The average molecular weight is 272 g/mol. The summed E-state index contributed by atoms with van der Waals surface area (Å²) in [6, 6.07) is 3.70. The summed E-state index contributed by atoms with van der Waals surface area (Å²) in [5.41, 5.74) is 0.999. The fraction of sp³-hybridized carbons (Fsp3) is 0.250. The van der Waals surface area contributed by atoms with Crippen molar-refractivity contribution in [3.8, 4) is 0 Å². The lowest BCUT2D eigenvalue weighted by molar-refractivity contribution is 0.584. The van der Waals surface area contributed by atoms with Gasteiger partial charge in [-0.3, -0.25) is 4.68 Å². The molecule has 2 rings (SSSR count). The molecule has 1 N–H and O–H groups in total. The van der Waals surface area contributed by atoms with Crippen LogP contribution in [0.3, 0.4) is 0 Å². The SMILES string of the molecule is CCn1nccc1CNc1c(F)cc(F)cc1Cl.